The van der Waals surface area contributed by atoms with Gasteiger partial charge < -0.3 is 14.2 Å². The van der Waals surface area contributed by atoms with Crippen molar-refractivity contribution >= 4 is 17.9 Å². The van der Waals surface area contributed by atoms with Gasteiger partial charge in [0.2, 0.25) is 0 Å². The third kappa shape index (κ3) is 64.8. The molecule has 0 aromatic carbocycles. The van der Waals surface area contributed by atoms with Crippen molar-refractivity contribution in [1.29, 1.82) is 0 Å². The number of ether oxygens (including phenoxy) is 3. The molecule has 0 rings (SSSR count). The maximum Gasteiger partial charge on any atom is 0.306 e. The third-order valence-corrected chi connectivity index (χ3v) is 14.3. The fraction of sp³-hybridized carbons (Fsp3) is 0.712. The minimum atomic E-state index is -0.783. The number of esters is 3. The highest BCUT2D eigenvalue weighted by molar-refractivity contribution is 5.71. The van der Waals surface area contributed by atoms with Gasteiger partial charge in [-0.15, -0.1) is 0 Å². The van der Waals surface area contributed by atoms with E-state index in [0.717, 1.165) is 122 Å². The molecule has 0 aliphatic carbocycles. The summed E-state index contributed by atoms with van der Waals surface area (Å²) >= 11 is 0. The molecular weight excluding hydrogens is 973 g/mol. The Hall–Kier alpha value is -3.93. The van der Waals surface area contributed by atoms with Gasteiger partial charge in [0.05, 0.1) is 0 Å². The fourth-order valence-corrected chi connectivity index (χ4v) is 9.35. The molecule has 0 heterocycles. The lowest BCUT2D eigenvalue weighted by Crippen LogP contribution is -2.30. The first-order valence-corrected chi connectivity index (χ1v) is 33.4. The number of rotatable bonds is 60. The SMILES string of the molecule is CC/C=C\C/C=C\C/C=C\C/C=C\C/C=C\CCCCCCCCCCCCCCCC(=O)OCC(COC(=O)CCCCCCCCCCCCC)OC(=O)CCCCCCCCCC/C=C\C/C=C\C/C=C\C/C=C\CC. The van der Waals surface area contributed by atoms with E-state index in [0.29, 0.717) is 19.3 Å². The van der Waals surface area contributed by atoms with Crippen molar-refractivity contribution in [3.63, 3.8) is 0 Å². The molecule has 1 unspecified atom stereocenters. The molecule has 0 aromatic heterocycles. The number of hydrogen-bond donors (Lipinski definition) is 0. The minimum absolute atomic E-state index is 0.0788. The predicted octanol–water partition coefficient (Wildman–Crippen LogP) is 23.0. The summed E-state index contributed by atoms with van der Waals surface area (Å²) in [5.41, 5.74) is 0. The van der Waals surface area contributed by atoms with Crippen molar-refractivity contribution < 1.29 is 28.6 Å². The average molecular weight is 1100 g/mol. The second kappa shape index (κ2) is 66.6. The summed E-state index contributed by atoms with van der Waals surface area (Å²) in [7, 11) is 0. The summed E-state index contributed by atoms with van der Waals surface area (Å²) in [6, 6.07) is 0. The normalized spacial score (nSPS) is 12.8. The molecular formula is C73H124O6. The number of hydrogen-bond acceptors (Lipinski definition) is 6. The molecule has 0 radical (unpaired) electrons. The van der Waals surface area contributed by atoms with Gasteiger partial charge >= 0.3 is 17.9 Å². The summed E-state index contributed by atoms with van der Waals surface area (Å²) in [4.78, 5) is 38.3. The van der Waals surface area contributed by atoms with Crippen LogP contribution in [0.5, 0.6) is 0 Å². The van der Waals surface area contributed by atoms with Gasteiger partial charge in [-0.05, 0) is 103 Å². The molecule has 0 amide bonds. The van der Waals surface area contributed by atoms with E-state index in [2.05, 4.69) is 130 Å². The Kier molecular flexibility index (Phi) is 63.3. The quantitative estimate of drug-likeness (QED) is 0.0261. The molecule has 0 saturated carbocycles. The van der Waals surface area contributed by atoms with Gasteiger partial charge in [0.25, 0.3) is 0 Å². The number of carbonyl (C=O) groups is 3. The zero-order valence-corrected chi connectivity index (χ0v) is 51.9. The first-order chi connectivity index (χ1) is 39.0. The summed E-state index contributed by atoms with van der Waals surface area (Å²) < 4.78 is 16.9. The van der Waals surface area contributed by atoms with Gasteiger partial charge in [-0.1, -0.05) is 304 Å². The zero-order valence-electron chi connectivity index (χ0n) is 51.9. The summed E-state index contributed by atoms with van der Waals surface area (Å²) in [5.74, 6) is -0.878. The molecule has 0 aromatic rings. The summed E-state index contributed by atoms with van der Waals surface area (Å²) in [5, 5.41) is 0. The van der Waals surface area contributed by atoms with Crippen molar-refractivity contribution in [2.24, 2.45) is 0 Å². The van der Waals surface area contributed by atoms with Crippen LogP contribution in [0.1, 0.15) is 316 Å². The lowest BCUT2D eigenvalue weighted by atomic mass is 10.0. The van der Waals surface area contributed by atoms with Crippen molar-refractivity contribution in [3.8, 4) is 0 Å². The Labute approximate surface area is 489 Å². The standard InChI is InChI=1S/C73H124O6/c1-4-7-10-13-16-19-22-24-26-28-30-32-33-34-35-36-37-38-39-41-42-44-46-48-51-54-57-60-63-66-72(75)78-69-70(68-77-71(74)65-62-59-56-53-50-21-18-15-12-9-6-3)79-73(76)67-64-61-58-55-52-49-47-45-43-40-31-29-27-25-23-20-17-14-11-8-5-2/h7-8,10-11,16-17,19-20,24-27,30-32,34-35,40,70H,4-6,9,12-15,18,21-23,28-29,33,36-39,41-69H2,1-3H3/b10-7-,11-8-,19-16-,20-17-,26-24-,27-25-,32-30-,35-34-,40-31-. The average Bonchev–Trinajstić information content (AvgIpc) is 3.45. The van der Waals surface area contributed by atoms with Gasteiger partial charge in [0.15, 0.2) is 6.10 Å². The van der Waals surface area contributed by atoms with Gasteiger partial charge in [-0.25, -0.2) is 0 Å². The molecule has 452 valence electrons. The van der Waals surface area contributed by atoms with Crippen molar-refractivity contribution in [3.05, 3.63) is 109 Å². The van der Waals surface area contributed by atoms with Gasteiger partial charge in [0.1, 0.15) is 13.2 Å². The van der Waals surface area contributed by atoms with Crippen LogP contribution in [0.3, 0.4) is 0 Å². The van der Waals surface area contributed by atoms with E-state index in [1.54, 1.807) is 0 Å². The Morgan fingerprint density at radius 1 is 0.266 bits per heavy atom. The van der Waals surface area contributed by atoms with Gasteiger partial charge in [-0.3, -0.25) is 14.4 Å². The van der Waals surface area contributed by atoms with Gasteiger partial charge in [-0.2, -0.15) is 0 Å². The first kappa shape index (κ1) is 75.1. The van der Waals surface area contributed by atoms with Crippen LogP contribution >= 0.6 is 0 Å². The second-order valence-electron chi connectivity index (χ2n) is 22.0. The smallest absolute Gasteiger partial charge is 0.306 e. The Morgan fingerprint density at radius 3 is 0.772 bits per heavy atom. The lowest BCUT2D eigenvalue weighted by molar-refractivity contribution is -0.167. The van der Waals surface area contributed by atoms with E-state index < -0.39 is 6.10 Å². The molecule has 0 aliphatic rings. The van der Waals surface area contributed by atoms with Gasteiger partial charge in [0, 0.05) is 19.3 Å². The number of carbonyl (C=O) groups excluding carboxylic acids is 3. The third-order valence-electron chi connectivity index (χ3n) is 14.3. The fourth-order valence-electron chi connectivity index (χ4n) is 9.35. The zero-order chi connectivity index (χ0) is 57.1. The molecule has 79 heavy (non-hydrogen) atoms. The Balaban J connectivity index is 4.24. The van der Waals surface area contributed by atoms with Crippen LogP contribution < -0.4 is 0 Å². The van der Waals surface area contributed by atoms with E-state index in [-0.39, 0.29) is 31.1 Å². The maximum absolute atomic E-state index is 12.9. The molecule has 0 N–H and O–H groups in total. The minimum Gasteiger partial charge on any atom is -0.462 e. The summed E-state index contributed by atoms with van der Waals surface area (Å²) in [6.07, 6.45) is 91.0. The van der Waals surface area contributed by atoms with Crippen molar-refractivity contribution in [2.45, 2.75) is 322 Å². The van der Waals surface area contributed by atoms with Crippen LogP contribution in [0.2, 0.25) is 0 Å². The molecule has 0 spiro atoms. The molecule has 0 fully saturated rings. The largest absolute Gasteiger partial charge is 0.462 e. The second-order valence-corrected chi connectivity index (χ2v) is 22.0. The number of allylic oxidation sites excluding steroid dienone is 18. The van der Waals surface area contributed by atoms with Crippen LogP contribution in [0.15, 0.2) is 109 Å². The Morgan fingerprint density at radius 2 is 0.494 bits per heavy atom. The lowest BCUT2D eigenvalue weighted by Gasteiger charge is -2.18. The highest BCUT2D eigenvalue weighted by Crippen LogP contribution is 2.17. The van der Waals surface area contributed by atoms with E-state index in [1.807, 2.05) is 0 Å². The highest BCUT2D eigenvalue weighted by Gasteiger charge is 2.19. The van der Waals surface area contributed by atoms with Crippen LogP contribution in [0.4, 0.5) is 0 Å². The van der Waals surface area contributed by atoms with E-state index >= 15 is 0 Å². The summed E-state index contributed by atoms with van der Waals surface area (Å²) in [6.45, 7) is 6.43. The van der Waals surface area contributed by atoms with Crippen LogP contribution in [0.25, 0.3) is 0 Å². The van der Waals surface area contributed by atoms with Crippen LogP contribution in [-0.2, 0) is 28.6 Å². The van der Waals surface area contributed by atoms with Crippen molar-refractivity contribution in [2.75, 3.05) is 13.2 Å². The van der Waals surface area contributed by atoms with E-state index in [9.17, 15) is 14.4 Å². The topological polar surface area (TPSA) is 78.9 Å². The van der Waals surface area contributed by atoms with Crippen molar-refractivity contribution in [1.82, 2.24) is 0 Å². The molecule has 1 atom stereocenters. The maximum atomic E-state index is 12.9. The van der Waals surface area contributed by atoms with Crippen LogP contribution in [-0.4, -0.2) is 37.2 Å². The van der Waals surface area contributed by atoms with E-state index in [1.165, 1.54) is 154 Å². The molecule has 0 saturated heterocycles. The predicted molar refractivity (Wildman–Crippen MR) is 343 cm³/mol. The van der Waals surface area contributed by atoms with Crippen LogP contribution in [0, 0.1) is 0 Å². The first-order valence-electron chi connectivity index (χ1n) is 33.4. The molecule has 0 bridgehead atoms. The Bertz CT molecular complexity index is 1590. The monoisotopic (exact) mass is 1100 g/mol. The number of unbranched alkanes of at least 4 members (excludes halogenated alkanes) is 31. The molecule has 0 aliphatic heterocycles. The molecule has 6 heteroatoms. The highest BCUT2D eigenvalue weighted by atomic mass is 16.6. The molecule has 6 nitrogen and oxygen atoms in total. The van der Waals surface area contributed by atoms with E-state index in [4.69, 9.17) is 14.2 Å².